The molecule has 1 aliphatic rings. The maximum Gasteiger partial charge on any atom is 0.317 e. The van der Waals surface area contributed by atoms with E-state index in [1.807, 2.05) is 42.2 Å². The van der Waals surface area contributed by atoms with E-state index >= 15 is 0 Å². The van der Waals surface area contributed by atoms with Crippen LogP contribution in [0.3, 0.4) is 0 Å². The van der Waals surface area contributed by atoms with Gasteiger partial charge >= 0.3 is 6.03 Å². The summed E-state index contributed by atoms with van der Waals surface area (Å²) >= 11 is 0. The van der Waals surface area contributed by atoms with Gasteiger partial charge in [0.1, 0.15) is 17.9 Å². The third-order valence-electron chi connectivity index (χ3n) is 4.89. The predicted molar refractivity (Wildman–Crippen MR) is 106 cm³/mol. The molecule has 0 saturated carbocycles. The van der Waals surface area contributed by atoms with Crippen LogP contribution in [0.1, 0.15) is 20.3 Å². The van der Waals surface area contributed by atoms with Gasteiger partial charge in [-0.25, -0.2) is 14.8 Å². The van der Waals surface area contributed by atoms with Crippen LogP contribution in [0.2, 0.25) is 0 Å². The molecule has 2 heterocycles. The van der Waals surface area contributed by atoms with Crippen molar-refractivity contribution in [2.45, 2.75) is 26.3 Å². The molecule has 1 atom stereocenters. The van der Waals surface area contributed by atoms with E-state index in [0.29, 0.717) is 13.1 Å². The fraction of sp³-hybridized carbons (Fsp3) is 0.450. The first-order chi connectivity index (χ1) is 13.1. The average molecular weight is 369 g/mol. The third-order valence-corrected chi connectivity index (χ3v) is 4.89. The highest BCUT2D eigenvalue weighted by Crippen LogP contribution is 2.24. The van der Waals surface area contributed by atoms with Crippen LogP contribution in [-0.4, -0.2) is 60.2 Å². The van der Waals surface area contributed by atoms with Gasteiger partial charge in [0.05, 0.1) is 12.8 Å². The summed E-state index contributed by atoms with van der Waals surface area (Å²) in [6.45, 7) is 6.96. The Labute approximate surface area is 160 Å². The van der Waals surface area contributed by atoms with Crippen LogP contribution in [0.5, 0.6) is 5.75 Å². The van der Waals surface area contributed by atoms with Gasteiger partial charge in [0, 0.05) is 43.9 Å². The Morgan fingerprint density at radius 2 is 2.00 bits per heavy atom. The predicted octanol–water partition coefficient (Wildman–Crippen LogP) is 2.78. The van der Waals surface area contributed by atoms with Crippen LogP contribution in [0.25, 0.3) is 11.3 Å². The highest BCUT2D eigenvalue weighted by atomic mass is 16.5. The van der Waals surface area contributed by atoms with Gasteiger partial charge < -0.3 is 19.9 Å². The van der Waals surface area contributed by atoms with Gasteiger partial charge in [0.15, 0.2) is 0 Å². The number of carbonyl (C=O) groups excluding carboxylic acids is 1. The number of carbonyl (C=O) groups is 1. The lowest BCUT2D eigenvalue weighted by atomic mass is 10.1. The van der Waals surface area contributed by atoms with E-state index in [2.05, 4.69) is 27.1 Å². The zero-order valence-electron chi connectivity index (χ0n) is 16.2. The van der Waals surface area contributed by atoms with E-state index in [0.717, 1.165) is 42.3 Å². The molecule has 144 valence electrons. The summed E-state index contributed by atoms with van der Waals surface area (Å²) < 4.78 is 5.30. The minimum Gasteiger partial charge on any atom is -0.497 e. The lowest BCUT2D eigenvalue weighted by Crippen LogP contribution is -2.53. The fourth-order valence-electron chi connectivity index (χ4n) is 3.00. The number of aromatic nitrogens is 2. The van der Waals surface area contributed by atoms with Crippen molar-refractivity contribution in [3.8, 4) is 17.0 Å². The first-order valence-electron chi connectivity index (χ1n) is 9.37. The molecule has 1 aliphatic heterocycles. The molecule has 1 fully saturated rings. The van der Waals surface area contributed by atoms with Crippen LogP contribution in [-0.2, 0) is 0 Å². The molecule has 2 aromatic rings. The van der Waals surface area contributed by atoms with E-state index in [1.54, 1.807) is 13.4 Å². The normalized spacial score (nSPS) is 15.4. The van der Waals surface area contributed by atoms with E-state index < -0.39 is 0 Å². The van der Waals surface area contributed by atoms with E-state index in [1.165, 1.54) is 0 Å². The van der Waals surface area contributed by atoms with Crippen molar-refractivity contribution in [1.82, 2.24) is 20.2 Å². The van der Waals surface area contributed by atoms with Crippen LogP contribution >= 0.6 is 0 Å². The summed E-state index contributed by atoms with van der Waals surface area (Å²) in [5.74, 6) is 1.68. The topological polar surface area (TPSA) is 70.6 Å². The largest absolute Gasteiger partial charge is 0.497 e. The minimum absolute atomic E-state index is 0.0174. The number of hydrogen-bond acceptors (Lipinski definition) is 5. The van der Waals surface area contributed by atoms with E-state index in [4.69, 9.17) is 4.74 Å². The molecular weight excluding hydrogens is 342 g/mol. The quantitative estimate of drug-likeness (QED) is 0.878. The van der Waals surface area contributed by atoms with Crippen molar-refractivity contribution in [3.63, 3.8) is 0 Å². The van der Waals surface area contributed by atoms with Crippen LogP contribution < -0.4 is 15.0 Å². The first-order valence-corrected chi connectivity index (χ1v) is 9.37. The number of anilines is 1. The number of amides is 2. The van der Waals surface area contributed by atoms with Gasteiger partial charge in [-0.15, -0.1) is 0 Å². The molecule has 3 rings (SSSR count). The third kappa shape index (κ3) is 4.67. The van der Waals surface area contributed by atoms with Gasteiger partial charge in [0.25, 0.3) is 0 Å². The van der Waals surface area contributed by atoms with Crippen molar-refractivity contribution in [2.24, 2.45) is 0 Å². The van der Waals surface area contributed by atoms with Crippen LogP contribution in [0.15, 0.2) is 36.7 Å². The molecule has 7 nitrogen and oxygen atoms in total. The van der Waals surface area contributed by atoms with E-state index in [9.17, 15) is 4.79 Å². The molecule has 27 heavy (non-hydrogen) atoms. The van der Waals surface area contributed by atoms with Crippen molar-refractivity contribution in [2.75, 3.05) is 38.2 Å². The standard InChI is InChI=1S/C20H27N5O2/c1-4-15(2)23-20(26)25-10-8-24(9-11-25)19-13-18(21-14-22-19)16-6-5-7-17(12-16)27-3/h5-7,12-15H,4,8-11H2,1-3H3,(H,23,26)/t15-/m1/s1. The van der Waals surface area contributed by atoms with Gasteiger partial charge in [-0.1, -0.05) is 19.1 Å². The number of rotatable bonds is 5. The molecule has 0 bridgehead atoms. The Morgan fingerprint density at radius 3 is 2.70 bits per heavy atom. The number of piperazine rings is 1. The van der Waals surface area contributed by atoms with Crippen molar-refractivity contribution in [3.05, 3.63) is 36.7 Å². The lowest BCUT2D eigenvalue weighted by Gasteiger charge is -2.35. The monoisotopic (exact) mass is 369 g/mol. The highest BCUT2D eigenvalue weighted by Gasteiger charge is 2.22. The Balaban J connectivity index is 1.66. The smallest absolute Gasteiger partial charge is 0.317 e. The minimum atomic E-state index is 0.0174. The number of benzene rings is 1. The maximum absolute atomic E-state index is 12.3. The molecule has 0 aliphatic carbocycles. The summed E-state index contributed by atoms with van der Waals surface area (Å²) in [7, 11) is 1.65. The number of nitrogens with one attached hydrogen (secondary N) is 1. The molecule has 1 aromatic heterocycles. The average Bonchev–Trinajstić information content (AvgIpc) is 2.73. The Bertz CT molecular complexity index is 774. The second kappa shape index (κ2) is 8.70. The first kappa shape index (κ1) is 18.9. The highest BCUT2D eigenvalue weighted by molar-refractivity contribution is 5.75. The molecule has 0 radical (unpaired) electrons. The molecule has 1 saturated heterocycles. The summed E-state index contributed by atoms with van der Waals surface area (Å²) in [5.41, 5.74) is 1.85. The Hall–Kier alpha value is -2.83. The number of urea groups is 1. The molecule has 1 aromatic carbocycles. The summed E-state index contributed by atoms with van der Waals surface area (Å²) in [4.78, 5) is 25.2. The van der Waals surface area contributed by atoms with Crippen molar-refractivity contribution < 1.29 is 9.53 Å². The SMILES string of the molecule is CC[C@@H](C)NC(=O)N1CCN(c2cc(-c3cccc(OC)c3)ncn2)CC1. The maximum atomic E-state index is 12.3. The van der Waals surface area contributed by atoms with Crippen molar-refractivity contribution >= 4 is 11.8 Å². The zero-order chi connectivity index (χ0) is 19.2. The molecule has 0 spiro atoms. The van der Waals surface area contributed by atoms with Gasteiger partial charge in [-0.05, 0) is 25.5 Å². The number of methoxy groups -OCH3 is 1. The van der Waals surface area contributed by atoms with Gasteiger partial charge in [-0.3, -0.25) is 0 Å². The Morgan fingerprint density at radius 1 is 1.22 bits per heavy atom. The number of nitrogens with zero attached hydrogens (tertiary/aromatic N) is 4. The Kier molecular flexibility index (Phi) is 6.11. The second-order valence-electron chi connectivity index (χ2n) is 6.73. The van der Waals surface area contributed by atoms with E-state index in [-0.39, 0.29) is 12.1 Å². The second-order valence-corrected chi connectivity index (χ2v) is 6.73. The zero-order valence-corrected chi connectivity index (χ0v) is 16.2. The lowest BCUT2D eigenvalue weighted by molar-refractivity contribution is 0.190. The summed E-state index contributed by atoms with van der Waals surface area (Å²) in [5, 5.41) is 3.03. The van der Waals surface area contributed by atoms with Crippen LogP contribution in [0, 0.1) is 0 Å². The molecule has 7 heteroatoms. The van der Waals surface area contributed by atoms with Gasteiger partial charge in [-0.2, -0.15) is 0 Å². The van der Waals surface area contributed by atoms with Gasteiger partial charge in [0.2, 0.25) is 0 Å². The number of hydrogen-bond donors (Lipinski definition) is 1. The summed E-state index contributed by atoms with van der Waals surface area (Å²) in [6, 6.07) is 10.0. The van der Waals surface area contributed by atoms with Crippen molar-refractivity contribution in [1.29, 1.82) is 0 Å². The molecule has 1 N–H and O–H groups in total. The summed E-state index contributed by atoms with van der Waals surface area (Å²) in [6.07, 6.45) is 2.52. The molecule has 2 amide bonds. The molecular formula is C20H27N5O2. The molecule has 0 unspecified atom stereocenters. The fourth-order valence-corrected chi connectivity index (χ4v) is 3.00. The number of ether oxygens (including phenoxy) is 1. The van der Waals surface area contributed by atoms with Crippen LogP contribution in [0.4, 0.5) is 10.6 Å².